The third-order valence-electron chi connectivity index (χ3n) is 4.13. The summed E-state index contributed by atoms with van der Waals surface area (Å²) >= 11 is 0. The van der Waals surface area contributed by atoms with E-state index in [0.717, 1.165) is 13.1 Å². The highest BCUT2D eigenvalue weighted by Crippen LogP contribution is 2.28. The molecule has 2 atom stereocenters. The van der Waals surface area contributed by atoms with Gasteiger partial charge in [-0.15, -0.1) is 0 Å². The molecule has 21 heavy (non-hydrogen) atoms. The molecule has 2 unspecified atom stereocenters. The van der Waals surface area contributed by atoms with Gasteiger partial charge in [-0.05, 0) is 38.2 Å². The Labute approximate surface area is 123 Å². The number of aromatic nitrogens is 1. The standard InChI is InChI=1S/C15H19N3O3/c1-9-7-18(8-12(9)17(2)3)15-16-11-5-4-10(14(19)20)6-13(11)21-15/h4-6,9,12H,7-8H2,1-3H3,(H,19,20). The van der Waals surface area contributed by atoms with Gasteiger partial charge in [0.15, 0.2) is 5.58 Å². The van der Waals surface area contributed by atoms with Crippen LogP contribution >= 0.6 is 0 Å². The molecule has 1 fully saturated rings. The van der Waals surface area contributed by atoms with Crippen molar-refractivity contribution in [2.45, 2.75) is 13.0 Å². The maximum atomic E-state index is 11.0. The van der Waals surface area contributed by atoms with Crippen LogP contribution in [0.25, 0.3) is 11.1 Å². The van der Waals surface area contributed by atoms with E-state index in [1.807, 2.05) is 0 Å². The summed E-state index contributed by atoms with van der Waals surface area (Å²) in [5.41, 5.74) is 1.42. The Morgan fingerprint density at radius 2 is 2.19 bits per heavy atom. The molecule has 2 heterocycles. The van der Waals surface area contributed by atoms with E-state index in [2.05, 4.69) is 35.8 Å². The van der Waals surface area contributed by atoms with E-state index in [9.17, 15) is 4.79 Å². The smallest absolute Gasteiger partial charge is 0.335 e. The zero-order valence-electron chi connectivity index (χ0n) is 12.4. The van der Waals surface area contributed by atoms with E-state index < -0.39 is 5.97 Å². The lowest BCUT2D eigenvalue weighted by molar-refractivity contribution is 0.0697. The fourth-order valence-corrected chi connectivity index (χ4v) is 2.96. The van der Waals surface area contributed by atoms with Crippen LogP contribution in [0.3, 0.4) is 0 Å². The minimum atomic E-state index is -0.961. The monoisotopic (exact) mass is 289 g/mol. The van der Waals surface area contributed by atoms with E-state index in [0.29, 0.717) is 29.1 Å². The molecule has 1 N–H and O–H groups in total. The Hall–Kier alpha value is -2.08. The molecule has 1 aliphatic rings. The van der Waals surface area contributed by atoms with Crippen molar-refractivity contribution in [3.05, 3.63) is 23.8 Å². The quantitative estimate of drug-likeness (QED) is 0.931. The Morgan fingerprint density at radius 3 is 2.81 bits per heavy atom. The van der Waals surface area contributed by atoms with Gasteiger partial charge < -0.3 is 19.3 Å². The third kappa shape index (κ3) is 2.47. The lowest BCUT2D eigenvalue weighted by Crippen LogP contribution is -2.34. The van der Waals surface area contributed by atoms with Gasteiger partial charge in [-0.3, -0.25) is 0 Å². The zero-order chi connectivity index (χ0) is 15.1. The van der Waals surface area contributed by atoms with Gasteiger partial charge in [-0.1, -0.05) is 6.92 Å². The number of carboxylic acid groups (broad SMARTS) is 1. The van der Waals surface area contributed by atoms with Crippen LogP contribution in [0.15, 0.2) is 22.6 Å². The molecular formula is C15H19N3O3. The van der Waals surface area contributed by atoms with Gasteiger partial charge >= 0.3 is 5.97 Å². The van der Waals surface area contributed by atoms with Gasteiger partial charge in [0.05, 0.1) is 5.56 Å². The van der Waals surface area contributed by atoms with Crippen LogP contribution in [-0.2, 0) is 0 Å². The molecule has 0 spiro atoms. The summed E-state index contributed by atoms with van der Waals surface area (Å²) in [5.74, 6) is -0.429. The highest BCUT2D eigenvalue weighted by molar-refractivity contribution is 5.92. The Balaban J connectivity index is 1.90. The summed E-state index contributed by atoms with van der Waals surface area (Å²) in [7, 11) is 4.16. The van der Waals surface area contributed by atoms with Crippen LogP contribution in [0.5, 0.6) is 0 Å². The minimum absolute atomic E-state index is 0.214. The van der Waals surface area contributed by atoms with Crippen molar-refractivity contribution < 1.29 is 14.3 Å². The molecule has 1 aliphatic heterocycles. The van der Waals surface area contributed by atoms with Gasteiger partial charge in [-0.25, -0.2) is 4.79 Å². The second-order valence-electron chi connectivity index (χ2n) is 5.90. The summed E-state index contributed by atoms with van der Waals surface area (Å²) in [6.45, 7) is 3.98. The summed E-state index contributed by atoms with van der Waals surface area (Å²) in [6, 6.07) is 5.80. The Kier molecular flexibility index (Phi) is 3.33. The molecule has 1 aromatic carbocycles. The molecule has 0 bridgehead atoms. The van der Waals surface area contributed by atoms with E-state index in [4.69, 9.17) is 9.52 Å². The second kappa shape index (κ2) is 5.04. The van der Waals surface area contributed by atoms with Crippen LogP contribution in [0.2, 0.25) is 0 Å². The number of oxazole rings is 1. The van der Waals surface area contributed by atoms with E-state index >= 15 is 0 Å². The van der Waals surface area contributed by atoms with Gasteiger partial charge in [0.1, 0.15) is 5.52 Å². The molecule has 6 heteroatoms. The Bertz CT molecular complexity index is 680. The van der Waals surface area contributed by atoms with Gasteiger partial charge in [0.2, 0.25) is 0 Å². The summed E-state index contributed by atoms with van der Waals surface area (Å²) in [6.07, 6.45) is 0. The largest absolute Gasteiger partial charge is 0.478 e. The lowest BCUT2D eigenvalue weighted by Gasteiger charge is -2.22. The molecule has 1 aromatic heterocycles. The number of fused-ring (bicyclic) bond motifs is 1. The fraction of sp³-hybridized carbons (Fsp3) is 0.467. The number of aromatic carboxylic acids is 1. The molecule has 0 saturated carbocycles. The molecule has 112 valence electrons. The fourth-order valence-electron chi connectivity index (χ4n) is 2.96. The predicted octanol–water partition coefficient (Wildman–Crippen LogP) is 1.91. The number of carbonyl (C=O) groups is 1. The highest BCUT2D eigenvalue weighted by atomic mass is 16.4. The van der Waals surface area contributed by atoms with Crippen LogP contribution in [-0.4, -0.2) is 54.2 Å². The first kappa shape index (κ1) is 13.9. The first-order valence-electron chi connectivity index (χ1n) is 7.01. The maximum absolute atomic E-state index is 11.0. The van der Waals surface area contributed by atoms with Crippen molar-refractivity contribution in [2.24, 2.45) is 5.92 Å². The van der Waals surface area contributed by atoms with Crippen molar-refractivity contribution in [2.75, 3.05) is 32.1 Å². The first-order valence-corrected chi connectivity index (χ1v) is 7.01. The zero-order valence-corrected chi connectivity index (χ0v) is 12.4. The maximum Gasteiger partial charge on any atom is 0.335 e. The molecule has 0 radical (unpaired) electrons. The first-order chi connectivity index (χ1) is 9.95. The summed E-state index contributed by atoms with van der Waals surface area (Å²) in [4.78, 5) is 19.8. The minimum Gasteiger partial charge on any atom is -0.478 e. The number of likely N-dealkylation sites (N-methyl/N-ethyl adjacent to an activating group) is 1. The SMILES string of the molecule is CC1CN(c2nc3ccc(C(=O)O)cc3o2)CC1N(C)C. The Morgan fingerprint density at radius 1 is 1.43 bits per heavy atom. The predicted molar refractivity (Wildman–Crippen MR) is 79.8 cm³/mol. The highest BCUT2D eigenvalue weighted by Gasteiger charge is 2.33. The average molecular weight is 289 g/mol. The second-order valence-corrected chi connectivity index (χ2v) is 5.90. The number of rotatable bonds is 3. The third-order valence-corrected chi connectivity index (χ3v) is 4.13. The number of hydrogen-bond acceptors (Lipinski definition) is 5. The van der Waals surface area contributed by atoms with Crippen LogP contribution < -0.4 is 4.90 Å². The lowest BCUT2D eigenvalue weighted by atomic mass is 10.1. The van der Waals surface area contributed by atoms with Gasteiger partial charge in [0.25, 0.3) is 6.01 Å². The normalized spacial score (nSPS) is 22.4. The number of hydrogen-bond donors (Lipinski definition) is 1. The number of carboxylic acids is 1. The molecule has 2 aromatic rings. The number of nitrogens with zero attached hydrogens (tertiary/aromatic N) is 3. The number of anilines is 1. The summed E-state index contributed by atoms with van der Waals surface area (Å²) in [5, 5.41) is 9.02. The topological polar surface area (TPSA) is 69.8 Å². The van der Waals surface area contributed by atoms with Crippen molar-refractivity contribution in [3.8, 4) is 0 Å². The van der Waals surface area contributed by atoms with Crippen molar-refractivity contribution in [1.29, 1.82) is 0 Å². The average Bonchev–Trinajstić information content (AvgIpc) is 3.00. The van der Waals surface area contributed by atoms with E-state index in [1.165, 1.54) is 6.07 Å². The van der Waals surface area contributed by atoms with Gasteiger partial charge in [-0.2, -0.15) is 4.98 Å². The van der Waals surface area contributed by atoms with Gasteiger partial charge in [0, 0.05) is 19.1 Å². The summed E-state index contributed by atoms with van der Waals surface area (Å²) < 4.78 is 5.75. The van der Waals surface area contributed by atoms with Crippen LogP contribution in [0, 0.1) is 5.92 Å². The van der Waals surface area contributed by atoms with Crippen molar-refractivity contribution >= 4 is 23.1 Å². The number of benzene rings is 1. The van der Waals surface area contributed by atoms with E-state index in [-0.39, 0.29) is 5.56 Å². The van der Waals surface area contributed by atoms with Crippen LogP contribution in [0.1, 0.15) is 17.3 Å². The van der Waals surface area contributed by atoms with E-state index in [1.54, 1.807) is 12.1 Å². The van der Waals surface area contributed by atoms with Crippen molar-refractivity contribution in [3.63, 3.8) is 0 Å². The molecular weight excluding hydrogens is 270 g/mol. The molecule has 0 amide bonds. The van der Waals surface area contributed by atoms with Crippen LogP contribution in [0.4, 0.5) is 6.01 Å². The molecule has 6 nitrogen and oxygen atoms in total. The molecule has 0 aliphatic carbocycles. The molecule has 1 saturated heterocycles. The molecule has 3 rings (SSSR count). The van der Waals surface area contributed by atoms with Crippen molar-refractivity contribution in [1.82, 2.24) is 9.88 Å².